The molecule has 0 aromatic heterocycles. The molecule has 0 spiro atoms. The van der Waals surface area contributed by atoms with Crippen LogP contribution in [0.5, 0.6) is 0 Å². The first-order chi connectivity index (χ1) is 12.2. The molecular formula is C20H27ClN2O2. The van der Waals surface area contributed by atoms with Crippen LogP contribution in [0.15, 0.2) is 24.3 Å². The highest BCUT2D eigenvalue weighted by Gasteiger charge is 2.30. The average molecular weight is 363 g/mol. The predicted molar refractivity (Wildman–Crippen MR) is 99.5 cm³/mol. The molecule has 1 aromatic carbocycles. The zero-order chi connectivity index (χ0) is 17.6. The number of alkyl halides is 1. The Morgan fingerprint density at radius 3 is 2.68 bits per heavy atom. The van der Waals surface area contributed by atoms with Crippen LogP contribution < -0.4 is 5.32 Å². The lowest BCUT2D eigenvalue weighted by atomic mass is 9.88. The molecular weight excluding hydrogens is 336 g/mol. The van der Waals surface area contributed by atoms with Gasteiger partial charge in [-0.05, 0) is 36.8 Å². The molecule has 1 unspecified atom stereocenters. The number of carbonyl (C=O) groups is 2. The minimum Gasteiger partial charge on any atom is -0.356 e. The van der Waals surface area contributed by atoms with Crippen LogP contribution in [-0.4, -0.2) is 35.7 Å². The summed E-state index contributed by atoms with van der Waals surface area (Å²) in [5, 5.41) is 3.10. The summed E-state index contributed by atoms with van der Waals surface area (Å²) in [5.74, 6) is 0.333. The number of amides is 2. The number of nitrogens with one attached hydrogen (secondary N) is 1. The number of nitrogens with zero attached hydrogens (tertiary/aromatic N) is 1. The SMILES string of the molecule is O=C(NCCC1c2ccccc2CCN1C(=O)CCl)C1CCCCC1. The van der Waals surface area contributed by atoms with Gasteiger partial charge < -0.3 is 10.2 Å². The summed E-state index contributed by atoms with van der Waals surface area (Å²) < 4.78 is 0. The molecule has 136 valence electrons. The van der Waals surface area contributed by atoms with Crippen molar-refractivity contribution in [1.29, 1.82) is 0 Å². The third-order valence-electron chi connectivity index (χ3n) is 5.54. The van der Waals surface area contributed by atoms with Crippen LogP contribution in [0.2, 0.25) is 0 Å². The summed E-state index contributed by atoms with van der Waals surface area (Å²) in [5.41, 5.74) is 2.49. The van der Waals surface area contributed by atoms with Gasteiger partial charge in [-0.3, -0.25) is 9.59 Å². The van der Waals surface area contributed by atoms with E-state index in [1.54, 1.807) is 0 Å². The van der Waals surface area contributed by atoms with Gasteiger partial charge in [0.05, 0.1) is 6.04 Å². The molecule has 5 heteroatoms. The Morgan fingerprint density at radius 1 is 1.16 bits per heavy atom. The molecule has 0 saturated heterocycles. The molecule has 1 aliphatic carbocycles. The van der Waals surface area contributed by atoms with Gasteiger partial charge in [-0.1, -0.05) is 43.5 Å². The Morgan fingerprint density at radius 2 is 1.92 bits per heavy atom. The molecule has 25 heavy (non-hydrogen) atoms. The Bertz CT molecular complexity index is 613. The molecule has 0 radical (unpaired) electrons. The van der Waals surface area contributed by atoms with Crippen molar-refractivity contribution in [2.24, 2.45) is 5.92 Å². The Labute approximate surface area is 154 Å². The summed E-state index contributed by atoms with van der Waals surface area (Å²) in [7, 11) is 0. The quantitative estimate of drug-likeness (QED) is 0.816. The van der Waals surface area contributed by atoms with Crippen LogP contribution in [-0.2, 0) is 16.0 Å². The van der Waals surface area contributed by atoms with E-state index >= 15 is 0 Å². The zero-order valence-electron chi connectivity index (χ0n) is 14.7. The van der Waals surface area contributed by atoms with E-state index < -0.39 is 0 Å². The van der Waals surface area contributed by atoms with Crippen molar-refractivity contribution in [2.45, 2.75) is 51.0 Å². The Kier molecular flexibility index (Phi) is 6.35. The van der Waals surface area contributed by atoms with Gasteiger partial charge in [-0.25, -0.2) is 0 Å². The van der Waals surface area contributed by atoms with Crippen LogP contribution in [0.25, 0.3) is 0 Å². The lowest BCUT2D eigenvalue weighted by Gasteiger charge is -2.37. The number of carbonyl (C=O) groups excluding carboxylic acids is 2. The first-order valence-electron chi connectivity index (χ1n) is 9.41. The molecule has 1 saturated carbocycles. The van der Waals surface area contributed by atoms with Crippen molar-refractivity contribution in [3.63, 3.8) is 0 Å². The van der Waals surface area contributed by atoms with Gasteiger partial charge in [0.25, 0.3) is 0 Å². The second-order valence-electron chi connectivity index (χ2n) is 7.10. The summed E-state index contributed by atoms with van der Waals surface area (Å²) in [6, 6.07) is 8.28. The smallest absolute Gasteiger partial charge is 0.238 e. The molecule has 2 aliphatic rings. The highest BCUT2D eigenvalue weighted by molar-refractivity contribution is 6.27. The first kappa shape index (κ1) is 18.2. The second kappa shape index (κ2) is 8.70. The van der Waals surface area contributed by atoms with E-state index in [2.05, 4.69) is 17.4 Å². The molecule has 1 atom stereocenters. The van der Waals surface area contributed by atoms with E-state index in [9.17, 15) is 9.59 Å². The largest absolute Gasteiger partial charge is 0.356 e. The number of rotatable bonds is 5. The first-order valence-corrected chi connectivity index (χ1v) is 9.95. The lowest BCUT2D eigenvalue weighted by molar-refractivity contribution is -0.131. The number of halogens is 1. The zero-order valence-corrected chi connectivity index (χ0v) is 15.4. The van der Waals surface area contributed by atoms with Crippen molar-refractivity contribution >= 4 is 23.4 Å². The highest BCUT2D eigenvalue weighted by atomic mass is 35.5. The molecule has 1 aliphatic heterocycles. The van der Waals surface area contributed by atoms with E-state index in [4.69, 9.17) is 11.6 Å². The lowest BCUT2D eigenvalue weighted by Crippen LogP contribution is -2.42. The maximum atomic E-state index is 12.3. The normalized spacial score (nSPS) is 20.8. The highest BCUT2D eigenvalue weighted by Crippen LogP contribution is 2.32. The summed E-state index contributed by atoms with van der Waals surface area (Å²) in [4.78, 5) is 26.5. The maximum absolute atomic E-state index is 12.3. The van der Waals surface area contributed by atoms with E-state index in [0.717, 1.165) is 38.5 Å². The number of hydrogen-bond donors (Lipinski definition) is 1. The van der Waals surface area contributed by atoms with E-state index in [0.29, 0.717) is 13.1 Å². The molecule has 3 rings (SSSR count). The molecule has 1 fully saturated rings. The van der Waals surface area contributed by atoms with Crippen molar-refractivity contribution in [1.82, 2.24) is 10.2 Å². The maximum Gasteiger partial charge on any atom is 0.238 e. The van der Waals surface area contributed by atoms with Crippen LogP contribution >= 0.6 is 11.6 Å². The van der Waals surface area contributed by atoms with Crippen LogP contribution in [0.3, 0.4) is 0 Å². The van der Waals surface area contributed by atoms with Gasteiger partial charge in [0.1, 0.15) is 5.88 Å². The van der Waals surface area contributed by atoms with Crippen molar-refractivity contribution in [3.8, 4) is 0 Å². The minimum absolute atomic E-state index is 0.00264. The number of fused-ring (bicyclic) bond motifs is 1. The molecule has 1 N–H and O–H groups in total. The molecule has 2 amide bonds. The number of benzene rings is 1. The van der Waals surface area contributed by atoms with Gasteiger partial charge >= 0.3 is 0 Å². The van der Waals surface area contributed by atoms with Gasteiger partial charge in [0, 0.05) is 19.0 Å². The van der Waals surface area contributed by atoms with Crippen molar-refractivity contribution in [3.05, 3.63) is 35.4 Å². The topological polar surface area (TPSA) is 49.4 Å². The molecule has 0 bridgehead atoms. The van der Waals surface area contributed by atoms with E-state index in [1.165, 1.54) is 17.5 Å². The van der Waals surface area contributed by atoms with Gasteiger partial charge in [0.15, 0.2) is 0 Å². The van der Waals surface area contributed by atoms with Crippen LogP contribution in [0.1, 0.15) is 55.7 Å². The van der Waals surface area contributed by atoms with Crippen LogP contribution in [0.4, 0.5) is 0 Å². The second-order valence-corrected chi connectivity index (χ2v) is 7.37. The summed E-state index contributed by atoms with van der Waals surface area (Å²) in [6.07, 6.45) is 7.18. The molecule has 1 aromatic rings. The average Bonchev–Trinajstić information content (AvgIpc) is 2.68. The van der Waals surface area contributed by atoms with Crippen molar-refractivity contribution in [2.75, 3.05) is 19.0 Å². The molecule has 1 heterocycles. The summed E-state index contributed by atoms with van der Waals surface area (Å²) in [6.45, 7) is 1.30. The minimum atomic E-state index is -0.0280. The predicted octanol–water partition coefficient (Wildman–Crippen LogP) is 3.44. The number of hydrogen-bond acceptors (Lipinski definition) is 2. The van der Waals surface area contributed by atoms with Gasteiger partial charge in [-0.15, -0.1) is 11.6 Å². The van der Waals surface area contributed by atoms with Crippen molar-refractivity contribution < 1.29 is 9.59 Å². The van der Waals surface area contributed by atoms with E-state index in [-0.39, 0.29) is 29.7 Å². The third kappa shape index (κ3) is 4.35. The fourth-order valence-electron chi connectivity index (χ4n) is 4.18. The Hall–Kier alpha value is -1.55. The van der Waals surface area contributed by atoms with Gasteiger partial charge in [0.2, 0.25) is 11.8 Å². The summed E-state index contributed by atoms with van der Waals surface area (Å²) >= 11 is 5.80. The fourth-order valence-corrected chi connectivity index (χ4v) is 4.33. The molecule has 4 nitrogen and oxygen atoms in total. The van der Waals surface area contributed by atoms with Gasteiger partial charge in [-0.2, -0.15) is 0 Å². The monoisotopic (exact) mass is 362 g/mol. The Balaban J connectivity index is 1.63. The van der Waals surface area contributed by atoms with Crippen LogP contribution in [0, 0.1) is 5.92 Å². The van der Waals surface area contributed by atoms with E-state index in [1.807, 2.05) is 17.0 Å². The third-order valence-corrected chi connectivity index (χ3v) is 5.77. The standard InChI is InChI=1S/C20H27ClN2O2/c21-14-19(24)23-13-11-15-6-4-5-9-17(15)18(23)10-12-22-20(25)16-7-2-1-3-8-16/h4-6,9,16,18H,1-3,7-8,10-14H2,(H,22,25). The fraction of sp³-hybridized carbons (Fsp3) is 0.600.